The van der Waals surface area contributed by atoms with Crippen LogP contribution in [0.5, 0.6) is 5.88 Å². The summed E-state index contributed by atoms with van der Waals surface area (Å²) in [5.74, 6) is -0.363. The van der Waals surface area contributed by atoms with Crippen LogP contribution in [-0.2, 0) is 6.61 Å². The summed E-state index contributed by atoms with van der Waals surface area (Å²) in [5, 5.41) is 9.23. The third-order valence-electron chi connectivity index (χ3n) is 6.56. The molecular formula is C27H28FN3O4. The molecular weight excluding hydrogens is 449 g/mol. The van der Waals surface area contributed by atoms with Gasteiger partial charge in [0.15, 0.2) is 5.58 Å². The minimum Gasteiger partial charge on any atom is -0.471 e. The SMILES string of the molecule is Cc1ccc(-n2c(=O)oc3c(N4CCC(CCO)CC4)cc(F)cc32)c(OCc2ccccc2)n1. The van der Waals surface area contributed by atoms with Crippen LogP contribution in [0.15, 0.2) is 63.8 Å². The van der Waals surface area contributed by atoms with Gasteiger partial charge in [-0.05, 0) is 49.8 Å². The predicted octanol–water partition coefficient (Wildman–Crippen LogP) is 4.60. The van der Waals surface area contributed by atoms with Gasteiger partial charge < -0.3 is 19.2 Å². The van der Waals surface area contributed by atoms with E-state index < -0.39 is 11.6 Å². The first-order valence-electron chi connectivity index (χ1n) is 11.9. The van der Waals surface area contributed by atoms with Crippen LogP contribution in [0, 0.1) is 18.7 Å². The Hall–Kier alpha value is -3.65. The fourth-order valence-electron chi connectivity index (χ4n) is 4.70. The van der Waals surface area contributed by atoms with E-state index in [0.29, 0.717) is 41.5 Å². The second-order valence-corrected chi connectivity index (χ2v) is 8.97. The molecule has 7 nitrogen and oxygen atoms in total. The van der Waals surface area contributed by atoms with Gasteiger partial charge in [-0.25, -0.2) is 18.7 Å². The van der Waals surface area contributed by atoms with Crippen molar-refractivity contribution in [2.75, 3.05) is 24.6 Å². The summed E-state index contributed by atoms with van der Waals surface area (Å²) < 4.78 is 27.8. The van der Waals surface area contributed by atoms with Gasteiger partial charge in [-0.15, -0.1) is 0 Å². The Morgan fingerprint density at radius 3 is 2.63 bits per heavy atom. The van der Waals surface area contributed by atoms with Crippen LogP contribution in [0.1, 0.15) is 30.5 Å². The number of aliphatic hydroxyl groups is 1. The topological polar surface area (TPSA) is 80.7 Å². The summed E-state index contributed by atoms with van der Waals surface area (Å²) in [7, 11) is 0. The first kappa shape index (κ1) is 23.1. The summed E-state index contributed by atoms with van der Waals surface area (Å²) in [6.07, 6.45) is 2.55. The number of pyridine rings is 1. The highest BCUT2D eigenvalue weighted by molar-refractivity contribution is 5.88. The Kier molecular flexibility index (Phi) is 6.55. The lowest BCUT2D eigenvalue weighted by molar-refractivity contribution is 0.240. The van der Waals surface area contributed by atoms with Crippen molar-refractivity contribution in [3.63, 3.8) is 0 Å². The molecule has 5 rings (SSSR count). The van der Waals surface area contributed by atoms with Crippen molar-refractivity contribution < 1.29 is 18.7 Å². The summed E-state index contributed by atoms with van der Waals surface area (Å²) >= 11 is 0. The molecule has 0 bridgehead atoms. The number of anilines is 1. The van der Waals surface area contributed by atoms with E-state index in [-0.39, 0.29) is 19.1 Å². The maximum Gasteiger partial charge on any atom is 0.424 e. The van der Waals surface area contributed by atoms with Crippen molar-refractivity contribution in [1.29, 1.82) is 0 Å². The van der Waals surface area contributed by atoms with Crippen molar-refractivity contribution in [1.82, 2.24) is 9.55 Å². The fraction of sp³-hybridized carbons (Fsp3) is 0.333. The van der Waals surface area contributed by atoms with E-state index in [2.05, 4.69) is 4.98 Å². The van der Waals surface area contributed by atoms with Crippen molar-refractivity contribution in [3.8, 4) is 11.6 Å². The van der Waals surface area contributed by atoms with Crippen molar-refractivity contribution in [2.24, 2.45) is 5.92 Å². The average Bonchev–Trinajstić information content (AvgIpc) is 3.19. The number of hydrogen-bond donors (Lipinski definition) is 1. The van der Waals surface area contributed by atoms with Gasteiger partial charge >= 0.3 is 5.76 Å². The first-order chi connectivity index (χ1) is 17.0. The van der Waals surface area contributed by atoms with Gasteiger partial charge in [0.25, 0.3) is 0 Å². The van der Waals surface area contributed by atoms with Crippen LogP contribution in [0.4, 0.5) is 10.1 Å². The third-order valence-corrected chi connectivity index (χ3v) is 6.56. The minimum atomic E-state index is -0.628. The molecule has 1 aliphatic rings. The molecule has 182 valence electrons. The molecule has 1 N–H and O–H groups in total. The molecule has 2 aromatic heterocycles. The standard InChI is InChI=1S/C27H28FN3O4/c1-18-7-8-22(26(29-18)34-17-20-5-3-2-4-6-20)31-24-16-21(28)15-23(25(24)35-27(31)33)30-12-9-19(10-13-30)11-14-32/h2-8,15-16,19,32H,9-14,17H2,1H3. The lowest BCUT2D eigenvalue weighted by Crippen LogP contribution is -2.34. The lowest BCUT2D eigenvalue weighted by Gasteiger charge is -2.33. The van der Waals surface area contributed by atoms with E-state index in [0.717, 1.165) is 30.5 Å². The van der Waals surface area contributed by atoms with Crippen LogP contribution >= 0.6 is 0 Å². The molecule has 1 aliphatic heterocycles. The number of benzene rings is 2. The van der Waals surface area contributed by atoms with Crippen LogP contribution < -0.4 is 15.4 Å². The third kappa shape index (κ3) is 4.79. The molecule has 4 aromatic rings. The highest BCUT2D eigenvalue weighted by Crippen LogP contribution is 2.34. The molecule has 0 aliphatic carbocycles. The number of aryl methyl sites for hydroxylation is 1. The van der Waals surface area contributed by atoms with Crippen LogP contribution in [0.25, 0.3) is 16.8 Å². The summed E-state index contributed by atoms with van der Waals surface area (Å²) in [4.78, 5) is 19.6. The molecule has 2 aromatic carbocycles. The second kappa shape index (κ2) is 9.92. The Morgan fingerprint density at radius 2 is 1.89 bits per heavy atom. The minimum absolute atomic E-state index is 0.172. The predicted molar refractivity (Wildman–Crippen MR) is 132 cm³/mol. The number of aromatic nitrogens is 2. The molecule has 0 radical (unpaired) electrons. The zero-order chi connectivity index (χ0) is 24.4. The Labute approximate surface area is 202 Å². The van der Waals surface area contributed by atoms with Gasteiger partial charge in [0.05, 0.1) is 5.69 Å². The average molecular weight is 478 g/mol. The quantitative estimate of drug-likeness (QED) is 0.419. The van der Waals surface area contributed by atoms with Crippen LogP contribution in [-0.4, -0.2) is 34.4 Å². The van der Waals surface area contributed by atoms with Crippen molar-refractivity contribution in [2.45, 2.75) is 32.8 Å². The molecule has 0 amide bonds. The molecule has 35 heavy (non-hydrogen) atoms. The van der Waals surface area contributed by atoms with E-state index in [1.165, 1.54) is 16.7 Å². The Balaban J connectivity index is 1.54. The van der Waals surface area contributed by atoms with Gasteiger partial charge in [0.2, 0.25) is 5.88 Å². The van der Waals surface area contributed by atoms with Gasteiger partial charge in [0.1, 0.15) is 23.6 Å². The number of piperidine rings is 1. The molecule has 0 saturated carbocycles. The number of halogens is 1. The van der Waals surface area contributed by atoms with Crippen LogP contribution in [0.2, 0.25) is 0 Å². The molecule has 1 saturated heterocycles. The fourth-order valence-corrected chi connectivity index (χ4v) is 4.70. The van der Waals surface area contributed by atoms with Gasteiger partial charge in [-0.2, -0.15) is 0 Å². The number of oxazole rings is 1. The van der Waals surface area contributed by atoms with E-state index in [9.17, 15) is 14.3 Å². The first-order valence-corrected chi connectivity index (χ1v) is 11.9. The van der Waals surface area contributed by atoms with E-state index in [1.807, 2.05) is 42.2 Å². The monoisotopic (exact) mass is 477 g/mol. The smallest absolute Gasteiger partial charge is 0.424 e. The number of rotatable bonds is 7. The van der Waals surface area contributed by atoms with Crippen molar-refractivity contribution >= 4 is 16.8 Å². The normalized spacial score (nSPS) is 14.5. The summed E-state index contributed by atoms with van der Waals surface area (Å²) in [6.45, 7) is 3.70. The molecule has 0 spiro atoms. The van der Waals surface area contributed by atoms with Gasteiger partial charge in [-0.3, -0.25) is 0 Å². The molecule has 3 heterocycles. The Morgan fingerprint density at radius 1 is 1.11 bits per heavy atom. The molecule has 8 heteroatoms. The maximum absolute atomic E-state index is 14.8. The zero-order valence-corrected chi connectivity index (χ0v) is 19.6. The highest BCUT2D eigenvalue weighted by Gasteiger charge is 2.25. The largest absolute Gasteiger partial charge is 0.471 e. The number of hydrogen-bond acceptors (Lipinski definition) is 6. The number of nitrogens with zero attached hydrogens (tertiary/aromatic N) is 3. The maximum atomic E-state index is 14.8. The summed E-state index contributed by atoms with van der Waals surface area (Å²) in [6, 6.07) is 15.9. The van der Waals surface area contributed by atoms with Gasteiger partial charge in [0, 0.05) is 37.5 Å². The highest BCUT2D eigenvalue weighted by atomic mass is 19.1. The lowest BCUT2D eigenvalue weighted by atomic mass is 9.93. The molecule has 1 fully saturated rings. The summed E-state index contributed by atoms with van der Waals surface area (Å²) in [5.41, 5.74) is 3.32. The zero-order valence-electron chi connectivity index (χ0n) is 19.6. The Bertz CT molecular complexity index is 1370. The molecule has 0 atom stereocenters. The van der Waals surface area contributed by atoms with Gasteiger partial charge in [-0.1, -0.05) is 30.3 Å². The van der Waals surface area contributed by atoms with Crippen LogP contribution in [0.3, 0.4) is 0 Å². The number of fused-ring (bicyclic) bond motifs is 1. The molecule has 0 unspecified atom stereocenters. The number of ether oxygens (including phenoxy) is 1. The van der Waals surface area contributed by atoms with E-state index in [4.69, 9.17) is 9.15 Å². The number of aliphatic hydroxyl groups excluding tert-OH is 1. The van der Waals surface area contributed by atoms with Crippen molar-refractivity contribution in [3.05, 3.63) is 82.2 Å². The second-order valence-electron chi connectivity index (χ2n) is 8.97. The van der Waals surface area contributed by atoms with E-state index in [1.54, 1.807) is 12.1 Å². The van der Waals surface area contributed by atoms with E-state index >= 15 is 0 Å².